The Kier molecular flexibility index (Phi) is 43.7. The maximum Gasteiger partial charge on any atom is 1.00 e. The molecule has 9 nitrogen and oxygen atoms in total. The van der Waals surface area contributed by atoms with Crippen LogP contribution in [0, 0.1) is 0 Å². The van der Waals surface area contributed by atoms with Crippen molar-refractivity contribution in [2.45, 2.75) is 19.3 Å². The molecule has 0 aromatic rings. The van der Waals surface area contributed by atoms with Gasteiger partial charge in [-0.2, -0.15) is 0 Å². The number of nitrogens with two attached hydrogens (primary N) is 2. The second kappa shape index (κ2) is 25.6. The molecule has 0 bridgehead atoms. The van der Waals surface area contributed by atoms with E-state index in [2.05, 4.69) is 5.32 Å². The van der Waals surface area contributed by atoms with Crippen LogP contribution in [0.4, 0.5) is 0 Å². The fourth-order valence-electron chi connectivity index (χ4n) is 1.12. The van der Waals surface area contributed by atoms with Gasteiger partial charge < -0.3 is 45.5 Å². The van der Waals surface area contributed by atoms with E-state index < -0.39 is 27.5 Å². The van der Waals surface area contributed by atoms with Crippen molar-refractivity contribution in [3.63, 3.8) is 0 Å². The molecule has 0 fully saturated rings. The van der Waals surface area contributed by atoms with E-state index in [0.717, 1.165) is 13.1 Å². The molecule has 0 atom stereocenters. The first kappa shape index (κ1) is 41.1. The summed E-state index contributed by atoms with van der Waals surface area (Å²) < 4.78 is 20.2. The van der Waals surface area contributed by atoms with Crippen molar-refractivity contribution in [3.05, 3.63) is 0 Å². The molecular formula is C9H23Li4N3O6P2. The minimum atomic E-state index is -4.47. The van der Waals surface area contributed by atoms with Crippen LogP contribution in [0.25, 0.3) is 0 Å². The summed E-state index contributed by atoms with van der Waals surface area (Å²) in [6, 6.07) is 0. The molecule has 15 heteroatoms. The summed E-state index contributed by atoms with van der Waals surface area (Å²) in [4.78, 5) is 40.3. The molecule has 0 amide bonds. The second-order valence-corrected chi connectivity index (χ2v) is 7.40. The fourth-order valence-corrected chi connectivity index (χ4v) is 2.34. The van der Waals surface area contributed by atoms with E-state index in [-0.39, 0.29) is 94.7 Å². The van der Waals surface area contributed by atoms with E-state index in [9.17, 15) is 28.7 Å². The van der Waals surface area contributed by atoms with Gasteiger partial charge >= 0.3 is 75.4 Å². The van der Waals surface area contributed by atoms with Crippen molar-refractivity contribution in [2.75, 3.05) is 38.5 Å². The fraction of sp³-hybridized carbons (Fsp3) is 1.00. The number of nitrogens with one attached hydrogen (secondary N) is 1. The maximum atomic E-state index is 10.1. The topological polar surface area (TPSA) is 190 Å². The van der Waals surface area contributed by atoms with E-state index in [4.69, 9.17) is 11.5 Å². The van der Waals surface area contributed by atoms with E-state index in [1.54, 1.807) is 0 Å². The third-order valence-corrected chi connectivity index (χ3v) is 3.73. The smallest absolute Gasteiger partial charge is 0.811 e. The van der Waals surface area contributed by atoms with Crippen molar-refractivity contribution in [1.29, 1.82) is 0 Å². The molecule has 0 aliphatic heterocycles. The van der Waals surface area contributed by atoms with Gasteiger partial charge in [0.1, 0.15) is 0 Å². The molecule has 0 aromatic carbocycles. The number of rotatable bonds is 10. The Balaban J connectivity index is -0.0000000650. The third kappa shape index (κ3) is 49.7. The molecular weight excluding hydrogens is 336 g/mol. The minimum Gasteiger partial charge on any atom is -0.811 e. The molecule has 0 heterocycles. The van der Waals surface area contributed by atoms with Crippen LogP contribution in [0.3, 0.4) is 0 Å². The normalized spacial score (nSPS) is 9.92. The summed E-state index contributed by atoms with van der Waals surface area (Å²) in [5, 5.41) is 3.03. The SMILES string of the molecule is NCCNCCN.O=P([O-])([O-])CCCCCP(=O)([O-])[O-].[Li+].[Li+].[Li+].[Li+]. The van der Waals surface area contributed by atoms with Crippen LogP contribution in [-0.4, -0.2) is 38.5 Å². The average molecular weight is 359 g/mol. The molecule has 124 valence electrons. The van der Waals surface area contributed by atoms with E-state index >= 15 is 0 Å². The van der Waals surface area contributed by atoms with Crippen molar-refractivity contribution < 1.29 is 104 Å². The molecule has 0 rings (SSSR count). The first-order valence-electron chi connectivity index (χ1n) is 6.25. The Morgan fingerprint density at radius 2 is 0.958 bits per heavy atom. The van der Waals surface area contributed by atoms with Gasteiger partial charge in [0.2, 0.25) is 0 Å². The molecule has 0 unspecified atom stereocenters. The quantitative estimate of drug-likeness (QED) is 0.193. The Morgan fingerprint density at radius 1 is 0.667 bits per heavy atom. The molecule has 0 radical (unpaired) electrons. The first-order chi connectivity index (χ1) is 9.12. The Labute approximate surface area is 192 Å². The monoisotopic (exact) mass is 359 g/mol. The zero-order valence-corrected chi connectivity index (χ0v) is 17.2. The zero-order chi connectivity index (χ0) is 16.1. The molecule has 24 heavy (non-hydrogen) atoms. The summed E-state index contributed by atoms with van der Waals surface area (Å²) in [5.41, 5.74) is 10.3. The number of unbranched alkanes of at least 4 members (excludes halogenated alkanes) is 2. The summed E-state index contributed by atoms with van der Waals surface area (Å²) >= 11 is 0. The molecule has 0 aliphatic carbocycles. The van der Waals surface area contributed by atoms with Gasteiger partial charge in [0.05, 0.1) is 0 Å². The predicted octanol–water partition coefficient (Wildman–Crippen LogP) is -15.5. The minimum absolute atomic E-state index is 0. The van der Waals surface area contributed by atoms with Crippen LogP contribution in [0.15, 0.2) is 0 Å². The Bertz CT molecular complexity index is 294. The summed E-state index contributed by atoms with van der Waals surface area (Å²) in [6.45, 7) is 3.13. The van der Waals surface area contributed by atoms with Gasteiger partial charge in [-0.15, -0.1) is 0 Å². The van der Waals surface area contributed by atoms with Gasteiger partial charge in [-0.1, -0.05) is 21.6 Å². The van der Waals surface area contributed by atoms with Gasteiger partial charge in [0.15, 0.2) is 0 Å². The molecule has 5 N–H and O–H groups in total. The first-order valence-corrected chi connectivity index (χ1v) is 9.71. The van der Waals surface area contributed by atoms with E-state index in [1.807, 2.05) is 0 Å². The summed E-state index contributed by atoms with van der Waals surface area (Å²) in [6.07, 6.45) is -0.457. The summed E-state index contributed by atoms with van der Waals surface area (Å²) in [7, 11) is -8.94. The predicted molar refractivity (Wildman–Crippen MR) is 69.8 cm³/mol. The standard InChI is InChI=1S/C5H14O6P2.C4H13N3.4Li/c6-12(7,8)4-2-1-3-5-13(9,10)11;5-1-3-7-4-2-6;;;;/h1-5H2,(H2,6,7,8)(H2,9,10,11);7H,1-6H2;;;;/q;;4*+1/p-4. The van der Waals surface area contributed by atoms with Gasteiger partial charge in [-0.25, -0.2) is 0 Å². The van der Waals surface area contributed by atoms with Crippen LogP contribution in [0.1, 0.15) is 19.3 Å². The Morgan fingerprint density at radius 3 is 1.17 bits per heavy atom. The van der Waals surface area contributed by atoms with Gasteiger partial charge in [-0.05, 0) is 25.2 Å². The van der Waals surface area contributed by atoms with Crippen LogP contribution >= 0.6 is 15.2 Å². The molecule has 0 aliphatic rings. The van der Waals surface area contributed by atoms with Gasteiger partial charge in [-0.3, -0.25) is 0 Å². The second-order valence-electron chi connectivity index (χ2n) is 4.06. The van der Waals surface area contributed by atoms with Crippen molar-refractivity contribution in [1.82, 2.24) is 5.32 Å². The van der Waals surface area contributed by atoms with Crippen LogP contribution in [-0.2, 0) is 9.13 Å². The molecule has 0 saturated carbocycles. The van der Waals surface area contributed by atoms with Gasteiger partial charge in [0, 0.05) is 26.2 Å². The number of hydrogen-bond acceptors (Lipinski definition) is 9. The molecule has 0 aromatic heterocycles. The molecule has 0 saturated heterocycles. The van der Waals surface area contributed by atoms with E-state index in [0.29, 0.717) is 13.1 Å². The van der Waals surface area contributed by atoms with Crippen molar-refractivity contribution >= 4 is 15.2 Å². The number of hydrogen-bond donors (Lipinski definition) is 3. The van der Waals surface area contributed by atoms with Gasteiger partial charge in [0.25, 0.3) is 0 Å². The third-order valence-electron chi connectivity index (χ3n) is 2.01. The van der Waals surface area contributed by atoms with Crippen molar-refractivity contribution in [3.8, 4) is 0 Å². The van der Waals surface area contributed by atoms with Crippen LogP contribution in [0.2, 0.25) is 0 Å². The van der Waals surface area contributed by atoms with Crippen LogP contribution < -0.4 is 112 Å². The largest absolute Gasteiger partial charge is 1.00 e. The summed E-state index contributed by atoms with van der Waals surface area (Å²) in [5.74, 6) is 0. The maximum absolute atomic E-state index is 10.1. The van der Waals surface area contributed by atoms with Crippen molar-refractivity contribution in [2.24, 2.45) is 11.5 Å². The van der Waals surface area contributed by atoms with E-state index in [1.165, 1.54) is 0 Å². The Hall–Kier alpha value is 2.57. The zero-order valence-electron chi connectivity index (χ0n) is 15.4. The molecule has 0 spiro atoms. The average Bonchev–Trinajstić information content (AvgIpc) is 2.27. The van der Waals surface area contributed by atoms with Crippen LogP contribution in [0.5, 0.6) is 0 Å².